The van der Waals surface area contributed by atoms with Gasteiger partial charge in [-0.3, -0.25) is 0 Å². The van der Waals surface area contributed by atoms with Crippen LogP contribution in [0.3, 0.4) is 0 Å². The topological polar surface area (TPSA) is 33.0 Å². The van der Waals surface area contributed by atoms with Gasteiger partial charge < -0.3 is 4.74 Å². The summed E-state index contributed by atoms with van der Waals surface area (Å²) >= 11 is 0. The third kappa shape index (κ3) is 4.37. The minimum Gasteiger partial charge on any atom is -0.488 e. The normalized spacial score (nSPS) is 11.0. The lowest BCUT2D eigenvalue weighted by Crippen LogP contribution is -1.97. The van der Waals surface area contributed by atoms with E-state index in [0.29, 0.717) is 11.3 Å². The van der Waals surface area contributed by atoms with Crippen molar-refractivity contribution in [2.75, 3.05) is 0 Å². The van der Waals surface area contributed by atoms with Gasteiger partial charge in [-0.1, -0.05) is 60.2 Å². The summed E-state index contributed by atoms with van der Waals surface area (Å²) < 4.78 is 19.2. The molecule has 128 valence electrons. The minimum absolute atomic E-state index is 0.259. The zero-order valence-corrected chi connectivity index (χ0v) is 14.4. The highest BCUT2D eigenvalue weighted by molar-refractivity contribution is 5.90. The number of aryl methyl sites for hydroxylation is 1. The second kappa shape index (κ2) is 8.13. The van der Waals surface area contributed by atoms with Gasteiger partial charge in [0.2, 0.25) is 0 Å². The van der Waals surface area contributed by atoms with Gasteiger partial charge in [-0.2, -0.15) is 5.26 Å². The summed E-state index contributed by atoms with van der Waals surface area (Å²) in [6.07, 6.45) is 1.81. The van der Waals surface area contributed by atoms with E-state index in [4.69, 9.17) is 4.74 Å². The highest BCUT2D eigenvalue weighted by Gasteiger charge is 2.06. The average Bonchev–Trinajstić information content (AvgIpc) is 2.66. The number of para-hydroxylation sites is 1. The Labute approximate surface area is 152 Å². The summed E-state index contributed by atoms with van der Waals surface area (Å²) in [7, 11) is 0. The van der Waals surface area contributed by atoms with Gasteiger partial charge in [0, 0.05) is 5.56 Å². The summed E-state index contributed by atoms with van der Waals surface area (Å²) in [6, 6.07) is 23.9. The first-order chi connectivity index (χ1) is 12.7. The van der Waals surface area contributed by atoms with Crippen LogP contribution in [0.5, 0.6) is 5.75 Å². The van der Waals surface area contributed by atoms with E-state index in [2.05, 4.69) is 6.07 Å². The van der Waals surface area contributed by atoms with Gasteiger partial charge in [-0.05, 0) is 42.3 Å². The molecule has 3 aromatic rings. The number of nitrogens with zero attached hydrogens (tertiary/aromatic N) is 1. The smallest absolute Gasteiger partial charge is 0.127 e. The van der Waals surface area contributed by atoms with E-state index in [1.165, 1.54) is 12.1 Å². The predicted molar refractivity (Wildman–Crippen MR) is 102 cm³/mol. The Hall–Kier alpha value is -3.38. The Bertz CT molecular complexity index is 968. The molecule has 0 aromatic heterocycles. The summed E-state index contributed by atoms with van der Waals surface area (Å²) in [5, 5.41) is 9.54. The molecule has 26 heavy (non-hydrogen) atoms. The molecule has 0 amide bonds. The number of halogens is 1. The Balaban J connectivity index is 1.86. The predicted octanol–water partition coefficient (Wildman–Crippen LogP) is 5.78. The zero-order valence-electron chi connectivity index (χ0n) is 14.4. The largest absolute Gasteiger partial charge is 0.488 e. The molecule has 0 unspecified atom stereocenters. The molecule has 0 heterocycles. The van der Waals surface area contributed by atoms with E-state index >= 15 is 0 Å². The van der Waals surface area contributed by atoms with Crippen LogP contribution in [0.25, 0.3) is 11.6 Å². The number of hydrogen-bond acceptors (Lipinski definition) is 2. The number of benzene rings is 3. The fourth-order valence-corrected chi connectivity index (χ4v) is 2.59. The molecule has 0 spiro atoms. The summed E-state index contributed by atoms with van der Waals surface area (Å²) in [6.45, 7) is 2.27. The molecule has 0 saturated heterocycles. The summed E-state index contributed by atoms with van der Waals surface area (Å²) in [5.41, 5.74) is 4.12. The molecule has 2 nitrogen and oxygen atoms in total. The van der Waals surface area contributed by atoms with Crippen LogP contribution < -0.4 is 4.74 Å². The Morgan fingerprint density at radius 2 is 1.81 bits per heavy atom. The molecular weight excluding hydrogens is 325 g/mol. The maximum absolute atomic E-state index is 13.3. The molecule has 0 bridgehead atoms. The molecule has 0 atom stereocenters. The first-order valence-corrected chi connectivity index (χ1v) is 8.31. The fourth-order valence-electron chi connectivity index (χ4n) is 2.59. The lowest BCUT2D eigenvalue weighted by molar-refractivity contribution is 0.305. The van der Waals surface area contributed by atoms with Crippen molar-refractivity contribution in [1.82, 2.24) is 0 Å². The van der Waals surface area contributed by atoms with Crippen molar-refractivity contribution in [3.05, 3.63) is 101 Å². The standard InChI is InChI=1S/C23H18FNO/c1-17-9-11-19(12-10-17)21(15-25)14-20-6-2-3-8-23(20)26-16-18-5-4-7-22(24)13-18/h2-14H,16H2,1H3/b21-14+. The van der Waals surface area contributed by atoms with Crippen LogP contribution in [0.4, 0.5) is 4.39 Å². The van der Waals surface area contributed by atoms with E-state index in [1.807, 2.05) is 67.6 Å². The van der Waals surface area contributed by atoms with Gasteiger partial charge in [0.25, 0.3) is 0 Å². The van der Waals surface area contributed by atoms with Crippen molar-refractivity contribution in [2.24, 2.45) is 0 Å². The summed E-state index contributed by atoms with van der Waals surface area (Å²) in [4.78, 5) is 0. The van der Waals surface area contributed by atoms with Gasteiger partial charge in [0.1, 0.15) is 18.2 Å². The zero-order chi connectivity index (χ0) is 18.4. The molecule has 0 saturated carbocycles. The van der Waals surface area contributed by atoms with Crippen LogP contribution in [0.2, 0.25) is 0 Å². The maximum Gasteiger partial charge on any atom is 0.127 e. The third-order valence-electron chi connectivity index (χ3n) is 3.99. The average molecular weight is 343 g/mol. The molecular formula is C23H18FNO. The number of allylic oxidation sites excluding steroid dienone is 1. The van der Waals surface area contributed by atoms with Crippen molar-refractivity contribution in [3.63, 3.8) is 0 Å². The van der Waals surface area contributed by atoms with Crippen LogP contribution in [0, 0.1) is 24.1 Å². The van der Waals surface area contributed by atoms with Crippen LogP contribution in [-0.4, -0.2) is 0 Å². The first kappa shape index (κ1) is 17.4. The monoisotopic (exact) mass is 343 g/mol. The van der Waals surface area contributed by atoms with Gasteiger partial charge in [-0.15, -0.1) is 0 Å². The van der Waals surface area contributed by atoms with Crippen molar-refractivity contribution >= 4 is 11.6 Å². The van der Waals surface area contributed by atoms with Crippen molar-refractivity contribution in [3.8, 4) is 11.8 Å². The Kier molecular flexibility index (Phi) is 5.46. The van der Waals surface area contributed by atoms with Gasteiger partial charge in [-0.25, -0.2) is 4.39 Å². The number of rotatable bonds is 5. The third-order valence-corrected chi connectivity index (χ3v) is 3.99. The molecule has 0 aliphatic heterocycles. The molecule has 0 N–H and O–H groups in total. The minimum atomic E-state index is -0.287. The number of hydrogen-bond donors (Lipinski definition) is 0. The highest BCUT2D eigenvalue weighted by atomic mass is 19.1. The van der Waals surface area contributed by atoms with Gasteiger partial charge in [0.05, 0.1) is 11.6 Å². The van der Waals surface area contributed by atoms with Crippen molar-refractivity contribution in [2.45, 2.75) is 13.5 Å². The van der Waals surface area contributed by atoms with E-state index in [1.54, 1.807) is 6.07 Å². The molecule has 0 radical (unpaired) electrons. The second-order valence-electron chi connectivity index (χ2n) is 5.99. The summed E-state index contributed by atoms with van der Waals surface area (Å²) in [5.74, 6) is 0.363. The molecule has 0 aliphatic rings. The molecule has 3 heteroatoms. The van der Waals surface area contributed by atoms with Crippen molar-refractivity contribution < 1.29 is 9.13 Å². The van der Waals surface area contributed by atoms with E-state index in [-0.39, 0.29) is 12.4 Å². The lowest BCUT2D eigenvalue weighted by atomic mass is 10.0. The fraction of sp³-hybridized carbons (Fsp3) is 0.0870. The highest BCUT2D eigenvalue weighted by Crippen LogP contribution is 2.25. The Morgan fingerprint density at radius 3 is 2.54 bits per heavy atom. The number of ether oxygens (including phenoxy) is 1. The van der Waals surface area contributed by atoms with Gasteiger partial charge >= 0.3 is 0 Å². The van der Waals surface area contributed by atoms with E-state index in [0.717, 1.165) is 22.3 Å². The van der Waals surface area contributed by atoms with E-state index in [9.17, 15) is 9.65 Å². The SMILES string of the molecule is Cc1ccc(/C(C#N)=C/c2ccccc2OCc2cccc(F)c2)cc1. The molecule has 3 aromatic carbocycles. The van der Waals surface area contributed by atoms with Crippen LogP contribution >= 0.6 is 0 Å². The maximum atomic E-state index is 13.3. The van der Waals surface area contributed by atoms with Crippen molar-refractivity contribution in [1.29, 1.82) is 5.26 Å². The van der Waals surface area contributed by atoms with E-state index < -0.39 is 0 Å². The van der Waals surface area contributed by atoms with Crippen LogP contribution in [-0.2, 0) is 6.61 Å². The van der Waals surface area contributed by atoms with Gasteiger partial charge in [0.15, 0.2) is 0 Å². The quantitative estimate of drug-likeness (QED) is 0.435. The molecule has 0 aliphatic carbocycles. The molecule has 3 rings (SSSR count). The second-order valence-corrected chi connectivity index (χ2v) is 5.99. The van der Waals surface area contributed by atoms with Crippen LogP contribution in [0.1, 0.15) is 22.3 Å². The van der Waals surface area contributed by atoms with Crippen LogP contribution in [0.15, 0.2) is 72.8 Å². The number of nitriles is 1. The lowest BCUT2D eigenvalue weighted by Gasteiger charge is -2.10. The Morgan fingerprint density at radius 1 is 1.04 bits per heavy atom. The first-order valence-electron chi connectivity index (χ1n) is 8.31. The molecule has 0 fully saturated rings.